The number of carbonyl (C=O) groups excluding carboxylic acids is 2. The lowest BCUT2D eigenvalue weighted by atomic mass is 9.66. The van der Waals surface area contributed by atoms with Crippen molar-refractivity contribution in [1.29, 1.82) is 0 Å². The van der Waals surface area contributed by atoms with Gasteiger partial charge in [-0.05, 0) is 29.2 Å². The molecule has 0 aromatic heterocycles. The highest BCUT2D eigenvalue weighted by molar-refractivity contribution is 6.12. The zero-order chi connectivity index (χ0) is 19.5. The third-order valence-corrected chi connectivity index (χ3v) is 6.33. The fraction of sp³-hybridized carbons (Fsp3) is 0.250. The van der Waals surface area contributed by atoms with E-state index in [2.05, 4.69) is 0 Å². The molecule has 5 rings (SSSR count). The van der Waals surface area contributed by atoms with Crippen LogP contribution in [0.3, 0.4) is 0 Å². The maximum atomic E-state index is 13.5. The normalized spacial score (nSPS) is 26.0. The third kappa shape index (κ3) is 2.06. The van der Waals surface area contributed by atoms with E-state index in [0.29, 0.717) is 24.8 Å². The number of hydrogen-bond acceptors (Lipinski definition) is 3. The van der Waals surface area contributed by atoms with Crippen molar-refractivity contribution in [2.45, 2.75) is 30.6 Å². The Bertz CT molecular complexity index is 1080. The summed E-state index contributed by atoms with van der Waals surface area (Å²) in [4.78, 5) is 27.8. The van der Waals surface area contributed by atoms with Crippen LogP contribution in [0.1, 0.15) is 41.9 Å². The molecule has 1 N–H and O–H groups in total. The summed E-state index contributed by atoms with van der Waals surface area (Å²) in [7, 11) is 1.80. The van der Waals surface area contributed by atoms with Crippen LogP contribution in [0.4, 0.5) is 5.69 Å². The molecule has 0 bridgehead atoms. The van der Waals surface area contributed by atoms with Crippen LogP contribution in [0.15, 0.2) is 72.0 Å². The fourth-order valence-corrected chi connectivity index (χ4v) is 5.02. The van der Waals surface area contributed by atoms with Crippen LogP contribution < -0.4 is 4.90 Å². The van der Waals surface area contributed by atoms with E-state index in [1.54, 1.807) is 11.9 Å². The van der Waals surface area contributed by atoms with Gasteiger partial charge in [0, 0.05) is 37.1 Å². The largest absolute Gasteiger partial charge is 0.512 e. The Labute approximate surface area is 163 Å². The summed E-state index contributed by atoms with van der Waals surface area (Å²) < 4.78 is 0. The number of anilines is 1. The van der Waals surface area contributed by atoms with E-state index in [4.69, 9.17) is 0 Å². The molecule has 28 heavy (non-hydrogen) atoms. The standard InChI is InChI=1S/C24H21NO3/c1-25-19-10-5-4-9-18(19)24(23(25)28)14-13-16(15-7-2-3-8-17(15)24)22-20(26)11-6-12-21(22)27/h2-5,7-10,13-14,16,26H,6,11-12H2,1H3/t16-,24+/m1/s1. The number of ketones is 1. The minimum absolute atomic E-state index is 0.000537. The van der Waals surface area contributed by atoms with Crippen LogP contribution in [0.25, 0.3) is 0 Å². The number of allylic oxidation sites excluding steroid dienone is 3. The van der Waals surface area contributed by atoms with Crippen molar-refractivity contribution in [2.75, 3.05) is 11.9 Å². The number of carbonyl (C=O) groups is 2. The molecule has 0 saturated heterocycles. The maximum absolute atomic E-state index is 13.5. The summed E-state index contributed by atoms with van der Waals surface area (Å²) in [6.45, 7) is 0. The minimum atomic E-state index is -0.883. The molecule has 1 heterocycles. The number of aliphatic hydroxyl groups is 1. The van der Waals surface area contributed by atoms with Gasteiger partial charge in [-0.15, -0.1) is 0 Å². The molecule has 2 aromatic rings. The summed E-state index contributed by atoms with van der Waals surface area (Å²) in [5.41, 5.74) is 3.27. The molecule has 4 nitrogen and oxygen atoms in total. The first-order chi connectivity index (χ1) is 13.6. The third-order valence-electron chi connectivity index (χ3n) is 6.33. The van der Waals surface area contributed by atoms with Crippen LogP contribution >= 0.6 is 0 Å². The Hall–Kier alpha value is -3.14. The Morgan fingerprint density at radius 2 is 1.71 bits per heavy atom. The van der Waals surface area contributed by atoms with Crippen molar-refractivity contribution in [2.24, 2.45) is 0 Å². The van der Waals surface area contributed by atoms with Gasteiger partial charge in [0.05, 0.1) is 5.76 Å². The van der Waals surface area contributed by atoms with Crippen LogP contribution in [-0.2, 0) is 15.0 Å². The molecule has 2 atom stereocenters. The molecule has 4 heteroatoms. The smallest absolute Gasteiger partial charge is 0.245 e. The number of fused-ring (bicyclic) bond motifs is 4. The number of nitrogens with zero attached hydrogens (tertiary/aromatic N) is 1. The van der Waals surface area contributed by atoms with Crippen molar-refractivity contribution in [1.82, 2.24) is 0 Å². The second kappa shape index (κ2) is 5.93. The van der Waals surface area contributed by atoms with E-state index in [1.807, 2.05) is 60.7 Å². The minimum Gasteiger partial charge on any atom is -0.512 e. The highest BCUT2D eigenvalue weighted by atomic mass is 16.3. The Morgan fingerprint density at radius 1 is 1.00 bits per heavy atom. The van der Waals surface area contributed by atoms with Gasteiger partial charge in [0.25, 0.3) is 0 Å². The molecule has 1 aliphatic heterocycles. The molecule has 2 aromatic carbocycles. The van der Waals surface area contributed by atoms with Gasteiger partial charge in [0.15, 0.2) is 5.78 Å². The van der Waals surface area contributed by atoms with E-state index in [9.17, 15) is 14.7 Å². The average Bonchev–Trinajstić information content (AvgIpc) is 2.93. The SMILES string of the molecule is CN1C(=O)[C@]2(C=C[C@@H](C3=C(O)CCCC3=O)c3ccccc32)c2ccccc21. The summed E-state index contributed by atoms with van der Waals surface area (Å²) in [6, 6.07) is 15.7. The second-order valence-corrected chi connectivity index (χ2v) is 7.75. The van der Waals surface area contributed by atoms with Crippen LogP contribution in [0.2, 0.25) is 0 Å². The number of aliphatic hydroxyl groups excluding tert-OH is 1. The van der Waals surface area contributed by atoms with Gasteiger partial charge >= 0.3 is 0 Å². The predicted molar refractivity (Wildman–Crippen MR) is 107 cm³/mol. The molecule has 1 amide bonds. The summed E-state index contributed by atoms with van der Waals surface area (Å²) >= 11 is 0. The first-order valence-electron chi connectivity index (χ1n) is 9.67. The van der Waals surface area contributed by atoms with Gasteiger partial charge in [0.1, 0.15) is 5.41 Å². The van der Waals surface area contributed by atoms with E-state index in [-0.39, 0.29) is 23.4 Å². The van der Waals surface area contributed by atoms with Crippen molar-refractivity contribution in [3.8, 4) is 0 Å². The van der Waals surface area contributed by atoms with E-state index in [1.165, 1.54) is 0 Å². The number of benzene rings is 2. The monoisotopic (exact) mass is 371 g/mol. The molecular weight excluding hydrogens is 350 g/mol. The number of hydrogen-bond donors (Lipinski definition) is 1. The van der Waals surface area contributed by atoms with Gasteiger partial charge in [-0.3, -0.25) is 9.59 Å². The van der Waals surface area contributed by atoms with Crippen LogP contribution in [-0.4, -0.2) is 23.8 Å². The van der Waals surface area contributed by atoms with Crippen molar-refractivity contribution >= 4 is 17.4 Å². The quantitative estimate of drug-likeness (QED) is 0.766. The highest BCUT2D eigenvalue weighted by Crippen LogP contribution is 2.52. The van der Waals surface area contributed by atoms with Crippen molar-refractivity contribution in [3.63, 3.8) is 0 Å². The van der Waals surface area contributed by atoms with Crippen molar-refractivity contribution in [3.05, 3.63) is 88.7 Å². The molecule has 2 aliphatic carbocycles. The molecule has 0 radical (unpaired) electrons. The van der Waals surface area contributed by atoms with E-state index < -0.39 is 5.41 Å². The topological polar surface area (TPSA) is 57.6 Å². The first kappa shape index (κ1) is 17.0. The Kier molecular flexibility index (Phi) is 3.60. The van der Waals surface area contributed by atoms with Gasteiger partial charge in [-0.1, -0.05) is 54.6 Å². The van der Waals surface area contributed by atoms with Gasteiger partial charge in [-0.25, -0.2) is 0 Å². The zero-order valence-corrected chi connectivity index (χ0v) is 15.7. The molecular formula is C24H21NO3. The summed E-state index contributed by atoms with van der Waals surface area (Å²) in [5.74, 6) is -0.129. The maximum Gasteiger partial charge on any atom is 0.245 e. The fourth-order valence-electron chi connectivity index (χ4n) is 5.02. The van der Waals surface area contributed by atoms with Gasteiger partial charge in [0.2, 0.25) is 5.91 Å². The van der Waals surface area contributed by atoms with Crippen LogP contribution in [0, 0.1) is 0 Å². The molecule has 140 valence electrons. The lowest BCUT2D eigenvalue weighted by Crippen LogP contribution is -2.41. The van der Waals surface area contributed by atoms with Crippen LogP contribution in [0.5, 0.6) is 0 Å². The number of amides is 1. The first-order valence-corrected chi connectivity index (χ1v) is 9.67. The number of para-hydroxylation sites is 1. The highest BCUT2D eigenvalue weighted by Gasteiger charge is 2.52. The Morgan fingerprint density at radius 3 is 2.50 bits per heavy atom. The predicted octanol–water partition coefficient (Wildman–Crippen LogP) is 4.17. The molecule has 1 spiro atoms. The zero-order valence-electron chi connectivity index (χ0n) is 15.7. The Balaban J connectivity index is 1.76. The molecule has 3 aliphatic rings. The summed E-state index contributed by atoms with van der Waals surface area (Å²) in [5, 5.41) is 10.5. The lowest BCUT2D eigenvalue weighted by Gasteiger charge is -2.35. The average molecular weight is 371 g/mol. The number of Topliss-reactive ketones (excluding diaryl/α,β-unsaturated/α-hetero) is 1. The molecule has 0 saturated carbocycles. The van der Waals surface area contributed by atoms with E-state index in [0.717, 1.165) is 22.4 Å². The number of rotatable bonds is 1. The molecule has 0 fully saturated rings. The van der Waals surface area contributed by atoms with Crippen molar-refractivity contribution < 1.29 is 14.7 Å². The second-order valence-electron chi connectivity index (χ2n) is 7.75. The molecule has 0 unspecified atom stereocenters. The summed E-state index contributed by atoms with van der Waals surface area (Å²) in [6.07, 6.45) is 5.55. The van der Waals surface area contributed by atoms with Gasteiger partial charge < -0.3 is 10.0 Å². The lowest BCUT2D eigenvalue weighted by molar-refractivity contribution is -0.120. The van der Waals surface area contributed by atoms with Gasteiger partial charge in [-0.2, -0.15) is 0 Å². The number of likely N-dealkylation sites (N-methyl/N-ethyl adjacent to an activating group) is 1. The van der Waals surface area contributed by atoms with E-state index >= 15 is 0 Å².